The number of nitrogens with one attached hydrogen (secondary N) is 1. The van der Waals surface area contributed by atoms with Gasteiger partial charge in [-0.05, 0) is 31.4 Å². The molecule has 1 atom stereocenters. The molecule has 1 aliphatic heterocycles. The molecule has 0 spiro atoms. The van der Waals surface area contributed by atoms with E-state index in [0.29, 0.717) is 0 Å². The van der Waals surface area contributed by atoms with E-state index >= 15 is 0 Å². The van der Waals surface area contributed by atoms with Crippen molar-refractivity contribution in [2.75, 3.05) is 18.6 Å². The highest BCUT2D eigenvalue weighted by molar-refractivity contribution is 7.90. The van der Waals surface area contributed by atoms with Crippen molar-refractivity contribution >= 4 is 33.5 Å². The molecule has 1 aromatic rings. The first-order chi connectivity index (χ1) is 13.2. The molecule has 1 heterocycles. The van der Waals surface area contributed by atoms with Crippen molar-refractivity contribution in [1.29, 1.82) is 0 Å². The van der Waals surface area contributed by atoms with Crippen molar-refractivity contribution in [3.05, 3.63) is 35.4 Å². The second-order valence-electron chi connectivity index (χ2n) is 6.91. The molecule has 0 bridgehead atoms. The maximum atomic E-state index is 12.6. The topological polar surface area (TPSA) is 127 Å². The van der Waals surface area contributed by atoms with Crippen LogP contribution < -0.4 is 5.32 Å². The summed E-state index contributed by atoms with van der Waals surface area (Å²) in [5, 5.41) is 2.65. The number of amides is 3. The normalized spacial score (nSPS) is 17.2. The number of fused-ring (bicyclic) bond motifs is 1. The summed E-state index contributed by atoms with van der Waals surface area (Å²) in [6.07, 6.45) is 2.41. The van der Waals surface area contributed by atoms with Gasteiger partial charge in [0.1, 0.15) is 15.9 Å². The van der Waals surface area contributed by atoms with E-state index in [-0.39, 0.29) is 23.6 Å². The molecule has 9 nitrogen and oxygen atoms in total. The first kappa shape index (κ1) is 20.0. The Bertz CT molecular complexity index is 902. The lowest BCUT2D eigenvalue weighted by Gasteiger charge is -2.24. The number of benzene rings is 1. The molecule has 10 heteroatoms. The van der Waals surface area contributed by atoms with E-state index in [0.717, 1.165) is 24.0 Å². The molecule has 0 aromatic heterocycles. The van der Waals surface area contributed by atoms with Crippen molar-refractivity contribution in [3.8, 4) is 0 Å². The van der Waals surface area contributed by atoms with Crippen LogP contribution in [0.1, 0.15) is 40.0 Å². The number of rotatable bonds is 8. The van der Waals surface area contributed by atoms with Gasteiger partial charge < -0.3 is 10.1 Å². The van der Waals surface area contributed by atoms with Gasteiger partial charge in [-0.3, -0.25) is 19.3 Å². The van der Waals surface area contributed by atoms with Crippen LogP contribution in [-0.4, -0.2) is 67.7 Å². The van der Waals surface area contributed by atoms with Gasteiger partial charge in [-0.1, -0.05) is 12.1 Å². The Morgan fingerprint density at radius 1 is 1.18 bits per heavy atom. The second-order valence-corrected chi connectivity index (χ2v) is 9.17. The maximum Gasteiger partial charge on any atom is 0.329 e. The number of hydrogen-bond acceptors (Lipinski definition) is 7. The molecule has 1 N–H and O–H groups in total. The molecule has 150 valence electrons. The Morgan fingerprint density at radius 3 is 2.25 bits per heavy atom. The van der Waals surface area contributed by atoms with Gasteiger partial charge in [0.2, 0.25) is 0 Å². The van der Waals surface area contributed by atoms with Gasteiger partial charge in [0.25, 0.3) is 17.7 Å². The van der Waals surface area contributed by atoms with Crippen LogP contribution in [-0.2, 0) is 24.2 Å². The van der Waals surface area contributed by atoms with E-state index in [1.54, 1.807) is 12.1 Å². The summed E-state index contributed by atoms with van der Waals surface area (Å²) in [5.41, 5.74) is 0.271. The highest BCUT2D eigenvalue weighted by Gasteiger charge is 2.43. The lowest BCUT2D eigenvalue weighted by Crippen LogP contribution is -2.47. The molecule has 3 rings (SSSR count). The van der Waals surface area contributed by atoms with Gasteiger partial charge in [-0.25, -0.2) is 13.2 Å². The lowest BCUT2D eigenvalue weighted by atomic mass is 10.1. The third kappa shape index (κ3) is 4.56. The highest BCUT2D eigenvalue weighted by Crippen LogP contribution is 2.26. The fraction of sp³-hybridized carbons (Fsp3) is 0.444. The smallest absolute Gasteiger partial charge is 0.329 e. The maximum absolute atomic E-state index is 12.6. The van der Waals surface area contributed by atoms with E-state index in [9.17, 15) is 27.6 Å². The number of sulfone groups is 1. The zero-order chi connectivity index (χ0) is 20.5. The largest absolute Gasteiger partial charge is 0.454 e. The fourth-order valence-corrected chi connectivity index (χ4v) is 3.55. The first-order valence-corrected chi connectivity index (χ1v) is 10.8. The molecule has 1 fully saturated rings. The third-order valence-electron chi connectivity index (χ3n) is 4.46. The second kappa shape index (κ2) is 7.70. The summed E-state index contributed by atoms with van der Waals surface area (Å²) in [5.74, 6) is -3.30. The van der Waals surface area contributed by atoms with Crippen LogP contribution in [0.5, 0.6) is 0 Å². The minimum Gasteiger partial charge on any atom is -0.454 e. The number of ether oxygens (including phenoxy) is 1. The molecule has 0 unspecified atom stereocenters. The molecule has 1 aliphatic carbocycles. The zero-order valence-corrected chi connectivity index (χ0v) is 16.0. The molecule has 0 saturated heterocycles. The van der Waals surface area contributed by atoms with E-state index in [1.165, 1.54) is 12.1 Å². The summed E-state index contributed by atoms with van der Waals surface area (Å²) in [7, 11) is -3.46. The zero-order valence-electron chi connectivity index (χ0n) is 15.2. The summed E-state index contributed by atoms with van der Waals surface area (Å²) < 4.78 is 28.1. The molecule has 28 heavy (non-hydrogen) atoms. The van der Waals surface area contributed by atoms with Crippen LogP contribution in [0.4, 0.5) is 0 Å². The number of esters is 1. The van der Waals surface area contributed by atoms with Crippen LogP contribution in [0.3, 0.4) is 0 Å². The van der Waals surface area contributed by atoms with E-state index < -0.39 is 51.9 Å². The number of carbonyl (C=O) groups is 4. The highest BCUT2D eigenvalue weighted by atomic mass is 32.2. The number of imide groups is 1. The van der Waals surface area contributed by atoms with Gasteiger partial charge in [0, 0.05) is 12.3 Å². The Balaban J connectivity index is 1.76. The first-order valence-electron chi connectivity index (χ1n) is 8.78. The van der Waals surface area contributed by atoms with Gasteiger partial charge >= 0.3 is 5.97 Å². The number of hydrogen-bond donors (Lipinski definition) is 1. The number of carbonyl (C=O) groups excluding carboxylic acids is 4. The Kier molecular flexibility index (Phi) is 5.50. The standard InChI is InChI=1S/C18H20N2O7S/c1-28(25,26)9-8-14(18(24)27-10-15(21)19-11-6-7-11)20-16(22)12-4-2-3-5-13(12)17(20)23/h2-5,11,14H,6-10H2,1H3,(H,19,21)/t14-/m0/s1. The van der Waals surface area contributed by atoms with Crippen molar-refractivity contribution in [1.82, 2.24) is 10.2 Å². The van der Waals surface area contributed by atoms with Crippen LogP contribution in [0.25, 0.3) is 0 Å². The van der Waals surface area contributed by atoms with Crippen molar-refractivity contribution in [3.63, 3.8) is 0 Å². The van der Waals surface area contributed by atoms with Gasteiger partial charge in [0.15, 0.2) is 6.61 Å². The SMILES string of the molecule is CS(=O)(=O)CC[C@@H](C(=O)OCC(=O)NC1CC1)N1C(=O)c2ccccc2C1=O. The Labute approximate surface area is 161 Å². The van der Waals surface area contributed by atoms with E-state index in [2.05, 4.69) is 5.32 Å². The Hall–Kier alpha value is -2.75. The average Bonchev–Trinajstić information content (AvgIpc) is 3.41. The Morgan fingerprint density at radius 2 is 1.75 bits per heavy atom. The minimum atomic E-state index is -3.46. The summed E-state index contributed by atoms with van der Waals surface area (Å²) in [6, 6.07) is 4.73. The van der Waals surface area contributed by atoms with Gasteiger partial charge in [-0.15, -0.1) is 0 Å². The summed E-state index contributed by atoms with van der Waals surface area (Å²) in [4.78, 5) is 50.3. The molecule has 2 aliphatic rings. The molecule has 3 amide bonds. The predicted octanol–water partition coefficient (Wildman–Crippen LogP) is -0.0923. The van der Waals surface area contributed by atoms with Gasteiger partial charge in [-0.2, -0.15) is 0 Å². The monoisotopic (exact) mass is 408 g/mol. The average molecular weight is 408 g/mol. The summed E-state index contributed by atoms with van der Waals surface area (Å²) in [6.45, 7) is -0.562. The molecule has 0 radical (unpaired) electrons. The quantitative estimate of drug-likeness (QED) is 0.470. The summed E-state index contributed by atoms with van der Waals surface area (Å²) >= 11 is 0. The van der Waals surface area contributed by atoms with E-state index in [4.69, 9.17) is 4.74 Å². The van der Waals surface area contributed by atoms with Crippen LogP contribution in [0.2, 0.25) is 0 Å². The van der Waals surface area contributed by atoms with Crippen LogP contribution in [0, 0.1) is 0 Å². The van der Waals surface area contributed by atoms with Crippen molar-refractivity contribution in [2.24, 2.45) is 0 Å². The molecule has 1 aromatic carbocycles. The lowest BCUT2D eigenvalue weighted by molar-refractivity contribution is -0.152. The molecular weight excluding hydrogens is 388 g/mol. The van der Waals surface area contributed by atoms with Crippen LogP contribution in [0.15, 0.2) is 24.3 Å². The van der Waals surface area contributed by atoms with E-state index in [1.807, 2.05) is 0 Å². The molecular formula is C18H20N2O7S. The number of nitrogens with zero attached hydrogens (tertiary/aromatic N) is 1. The predicted molar refractivity (Wildman–Crippen MR) is 97.2 cm³/mol. The van der Waals surface area contributed by atoms with Crippen molar-refractivity contribution in [2.45, 2.75) is 31.3 Å². The minimum absolute atomic E-state index is 0.0865. The van der Waals surface area contributed by atoms with Crippen LogP contribution >= 0.6 is 0 Å². The fourth-order valence-electron chi connectivity index (χ4n) is 2.90. The van der Waals surface area contributed by atoms with Crippen molar-refractivity contribution < 1.29 is 32.3 Å². The van der Waals surface area contributed by atoms with Gasteiger partial charge in [0.05, 0.1) is 16.9 Å². The molecule has 1 saturated carbocycles. The third-order valence-corrected chi connectivity index (χ3v) is 5.44.